The van der Waals surface area contributed by atoms with Crippen LogP contribution in [0.4, 0.5) is 0 Å². The lowest BCUT2D eigenvalue weighted by Crippen LogP contribution is -2.35. The average Bonchev–Trinajstić information content (AvgIpc) is 2.10. The van der Waals surface area contributed by atoms with Crippen molar-refractivity contribution < 1.29 is 4.79 Å². The van der Waals surface area contributed by atoms with Crippen LogP contribution in [0.15, 0.2) is 11.6 Å². The molecule has 76 valence electrons. The molecule has 0 saturated heterocycles. The summed E-state index contributed by atoms with van der Waals surface area (Å²) < 4.78 is 0. The van der Waals surface area contributed by atoms with Crippen molar-refractivity contribution in [2.24, 2.45) is 0 Å². The molecule has 0 spiro atoms. The molecular weight excluding hydrogens is 164 g/mol. The number of hydrogen-bond acceptors (Lipinski definition) is 2. The molecule has 0 aromatic carbocycles. The van der Waals surface area contributed by atoms with Crippen LogP contribution in [0.5, 0.6) is 0 Å². The van der Waals surface area contributed by atoms with Gasteiger partial charge < -0.3 is 10.2 Å². The van der Waals surface area contributed by atoms with Crippen LogP contribution >= 0.6 is 0 Å². The number of nitrogens with zero attached hydrogens (tertiary/aromatic N) is 1. The summed E-state index contributed by atoms with van der Waals surface area (Å²) in [5, 5.41) is 3.06. The van der Waals surface area contributed by atoms with E-state index in [4.69, 9.17) is 0 Å². The van der Waals surface area contributed by atoms with Gasteiger partial charge in [-0.2, -0.15) is 0 Å². The molecule has 3 nitrogen and oxygen atoms in total. The van der Waals surface area contributed by atoms with E-state index >= 15 is 0 Å². The molecule has 13 heavy (non-hydrogen) atoms. The van der Waals surface area contributed by atoms with E-state index in [1.54, 1.807) is 4.90 Å². The van der Waals surface area contributed by atoms with E-state index < -0.39 is 0 Å². The monoisotopic (exact) mass is 184 g/mol. The second-order valence-corrected chi connectivity index (χ2v) is 3.32. The summed E-state index contributed by atoms with van der Waals surface area (Å²) in [5.74, 6) is 0.143. The van der Waals surface area contributed by atoms with E-state index in [2.05, 4.69) is 11.4 Å². The Morgan fingerprint density at radius 3 is 2.54 bits per heavy atom. The van der Waals surface area contributed by atoms with E-state index in [1.807, 2.05) is 27.8 Å². The van der Waals surface area contributed by atoms with Crippen molar-refractivity contribution in [1.82, 2.24) is 10.2 Å². The van der Waals surface area contributed by atoms with Crippen molar-refractivity contribution in [2.45, 2.75) is 20.8 Å². The van der Waals surface area contributed by atoms with Gasteiger partial charge in [0.15, 0.2) is 0 Å². The van der Waals surface area contributed by atoms with E-state index in [9.17, 15) is 4.79 Å². The molecule has 0 unspecified atom stereocenters. The molecule has 0 atom stereocenters. The van der Waals surface area contributed by atoms with Gasteiger partial charge in [0, 0.05) is 20.1 Å². The predicted molar refractivity (Wildman–Crippen MR) is 55.6 cm³/mol. The second-order valence-electron chi connectivity index (χ2n) is 3.32. The van der Waals surface area contributed by atoms with Crippen LogP contribution in [0.2, 0.25) is 0 Å². The Morgan fingerprint density at radius 2 is 2.08 bits per heavy atom. The zero-order valence-corrected chi connectivity index (χ0v) is 9.05. The van der Waals surface area contributed by atoms with Gasteiger partial charge in [-0.15, -0.1) is 0 Å². The fraction of sp³-hybridized carbons (Fsp3) is 0.700. The van der Waals surface area contributed by atoms with Gasteiger partial charge in [0.25, 0.3) is 0 Å². The Labute approximate surface area is 80.8 Å². The maximum absolute atomic E-state index is 11.3. The first kappa shape index (κ1) is 12.2. The van der Waals surface area contributed by atoms with Crippen molar-refractivity contribution in [3.05, 3.63) is 11.6 Å². The third-order valence-corrected chi connectivity index (χ3v) is 1.83. The molecule has 0 aromatic rings. The quantitative estimate of drug-likeness (QED) is 0.511. The first-order valence-corrected chi connectivity index (χ1v) is 4.66. The molecule has 0 aliphatic heterocycles. The maximum atomic E-state index is 11.3. The minimum absolute atomic E-state index is 0.143. The number of carbonyl (C=O) groups excluding carboxylic acids is 1. The Hall–Kier alpha value is -0.830. The van der Waals surface area contributed by atoms with Gasteiger partial charge in [0.2, 0.25) is 5.91 Å². The van der Waals surface area contributed by atoms with Gasteiger partial charge in [-0.1, -0.05) is 11.6 Å². The van der Waals surface area contributed by atoms with Crippen molar-refractivity contribution in [3.8, 4) is 0 Å². The number of likely N-dealkylation sites (N-methyl/N-ethyl adjacent to an activating group) is 1. The Balaban J connectivity index is 3.54. The van der Waals surface area contributed by atoms with Crippen LogP contribution < -0.4 is 5.32 Å². The zero-order valence-electron chi connectivity index (χ0n) is 9.05. The summed E-state index contributed by atoms with van der Waals surface area (Å²) in [5.41, 5.74) is 1.27. The van der Waals surface area contributed by atoms with Crippen molar-refractivity contribution in [1.29, 1.82) is 0 Å². The molecular formula is C10H20N2O. The molecule has 1 N–H and O–H groups in total. The molecule has 0 bridgehead atoms. The Morgan fingerprint density at radius 1 is 1.46 bits per heavy atom. The minimum Gasteiger partial charge on any atom is -0.345 e. The van der Waals surface area contributed by atoms with E-state index in [0.717, 1.165) is 13.1 Å². The number of allylic oxidation sites excluding steroid dienone is 1. The molecule has 1 amide bonds. The summed E-state index contributed by atoms with van der Waals surface area (Å²) >= 11 is 0. The number of rotatable bonds is 5. The lowest BCUT2D eigenvalue weighted by Gasteiger charge is -2.14. The topological polar surface area (TPSA) is 32.3 Å². The summed E-state index contributed by atoms with van der Waals surface area (Å²) in [6, 6.07) is 0. The fourth-order valence-electron chi connectivity index (χ4n) is 0.767. The molecule has 3 heteroatoms. The first-order valence-electron chi connectivity index (χ1n) is 4.66. The van der Waals surface area contributed by atoms with Crippen LogP contribution in [0.3, 0.4) is 0 Å². The van der Waals surface area contributed by atoms with Gasteiger partial charge in [-0.3, -0.25) is 4.79 Å². The SMILES string of the molecule is CCN(C)C(=O)CNCC=C(C)C. The maximum Gasteiger partial charge on any atom is 0.236 e. The van der Waals surface area contributed by atoms with Crippen LogP contribution in [0.1, 0.15) is 20.8 Å². The van der Waals surface area contributed by atoms with Gasteiger partial charge in [-0.05, 0) is 20.8 Å². The molecule has 0 rings (SSSR count). The predicted octanol–water partition coefficient (Wildman–Crippen LogP) is 1.02. The molecule has 0 saturated carbocycles. The molecule has 0 aromatic heterocycles. The normalized spacial score (nSPS) is 9.54. The molecule has 0 aliphatic rings. The first-order chi connectivity index (χ1) is 6.07. The summed E-state index contributed by atoms with van der Waals surface area (Å²) in [6.45, 7) is 8.01. The van der Waals surface area contributed by atoms with E-state index in [0.29, 0.717) is 6.54 Å². The third kappa shape index (κ3) is 6.34. The van der Waals surface area contributed by atoms with Crippen LogP contribution in [0, 0.1) is 0 Å². The smallest absolute Gasteiger partial charge is 0.236 e. The highest BCUT2D eigenvalue weighted by molar-refractivity contribution is 5.77. The van der Waals surface area contributed by atoms with Crippen molar-refractivity contribution in [3.63, 3.8) is 0 Å². The fourth-order valence-corrected chi connectivity index (χ4v) is 0.767. The van der Waals surface area contributed by atoms with E-state index in [-0.39, 0.29) is 5.91 Å². The molecule has 0 radical (unpaired) electrons. The lowest BCUT2D eigenvalue weighted by atomic mass is 10.3. The minimum atomic E-state index is 0.143. The largest absolute Gasteiger partial charge is 0.345 e. The van der Waals surface area contributed by atoms with Crippen molar-refractivity contribution >= 4 is 5.91 Å². The van der Waals surface area contributed by atoms with Crippen LogP contribution in [-0.4, -0.2) is 37.5 Å². The third-order valence-electron chi connectivity index (χ3n) is 1.83. The Bertz CT molecular complexity index is 183. The molecule has 0 aliphatic carbocycles. The van der Waals surface area contributed by atoms with Crippen molar-refractivity contribution in [2.75, 3.05) is 26.7 Å². The standard InChI is InChI=1S/C10H20N2O/c1-5-12(4)10(13)8-11-7-6-9(2)3/h6,11H,5,7-8H2,1-4H3. The highest BCUT2D eigenvalue weighted by atomic mass is 16.2. The number of nitrogens with one attached hydrogen (secondary N) is 1. The summed E-state index contributed by atoms with van der Waals surface area (Å²) in [6.07, 6.45) is 2.07. The Kier molecular flexibility index (Phi) is 6.24. The highest BCUT2D eigenvalue weighted by Crippen LogP contribution is 1.86. The van der Waals surface area contributed by atoms with Gasteiger partial charge in [-0.25, -0.2) is 0 Å². The van der Waals surface area contributed by atoms with Gasteiger partial charge in [0.1, 0.15) is 0 Å². The van der Waals surface area contributed by atoms with Crippen LogP contribution in [-0.2, 0) is 4.79 Å². The zero-order chi connectivity index (χ0) is 10.3. The number of hydrogen-bond donors (Lipinski definition) is 1. The van der Waals surface area contributed by atoms with E-state index in [1.165, 1.54) is 5.57 Å². The summed E-state index contributed by atoms with van der Waals surface area (Å²) in [7, 11) is 1.81. The lowest BCUT2D eigenvalue weighted by molar-refractivity contribution is -0.128. The molecule has 0 fully saturated rings. The van der Waals surface area contributed by atoms with Gasteiger partial charge >= 0.3 is 0 Å². The molecule has 0 heterocycles. The highest BCUT2D eigenvalue weighted by Gasteiger charge is 2.03. The van der Waals surface area contributed by atoms with Gasteiger partial charge in [0.05, 0.1) is 6.54 Å². The average molecular weight is 184 g/mol. The second kappa shape index (κ2) is 6.66. The van der Waals surface area contributed by atoms with Crippen LogP contribution in [0.25, 0.3) is 0 Å². The number of carbonyl (C=O) groups is 1. The number of amides is 1. The summed E-state index contributed by atoms with van der Waals surface area (Å²) in [4.78, 5) is 13.0.